The maximum absolute atomic E-state index is 12.0. The van der Waals surface area contributed by atoms with Gasteiger partial charge in [-0.1, -0.05) is 6.07 Å². The number of fused-ring (bicyclic) bond motifs is 1. The van der Waals surface area contributed by atoms with Crippen LogP contribution in [0.1, 0.15) is 37.3 Å². The van der Waals surface area contributed by atoms with Gasteiger partial charge >= 0.3 is 0 Å². The van der Waals surface area contributed by atoms with Gasteiger partial charge in [0.05, 0.1) is 10.8 Å². The van der Waals surface area contributed by atoms with Crippen molar-refractivity contribution in [2.75, 3.05) is 5.75 Å². The summed E-state index contributed by atoms with van der Waals surface area (Å²) in [6.07, 6.45) is 4.76. The Balaban J connectivity index is 1.97. The molecule has 0 aliphatic heterocycles. The van der Waals surface area contributed by atoms with Gasteiger partial charge in [0.15, 0.2) is 0 Å². The Kier molecular flexibility index (Phi) is 4.11. The van der Waals surface area contributed by atoms with Crippen LogP contribution in [0, 0.1) is 0 Å². The summed E-state index contributed by atoms with van der Waals surface area (Å²) in [6, 6.07) is 6.18. The van der Waals surface area contributed by atoms with Gasteiger partial charge in [-0.05, 0) is 55.9 Å². The van der Waals surface area contributed by atoms with E-state index in [1.807, 2.05) is 6.07 Å². The van der Waals surface area contributed by atoms with Crippen molar-refractivity contribution in [1.29, 1.82) is 0 Å². The number of hydrogen-bond donors (Lipinski definition) is 0. The molecule has 0 heterocycles. The Labute approximate surface area is 105 Å². The van der Waals surface area contributed by atoms with E-state index >= 15 is 0 Å². The number of rotatable bonds is 5. The summed E-state index contributed by atoms with van der Waals surface area (Å²) >= 11 is 0. The summed E-state index contributed by atoms with van der Waals surface area (Å²) < 4.78 is 12.0. The Morgan fingerprint density at radius 1 is 1.29 bits per heavy atom. The van der Waals surface area contributed by atoms with E-state index in [9.17, 15) is 9.00 Å². The standard InChI is InChI=1S/C14H18O2S/c1-11(15)4-3-9-17(16)14-8-7-12-5-2-6-13(12)10-14/h7-8,10H,2-6,9H2,1H3. The molecule has 0 amide bonds. The Bertz CT molecular complexity index is 452. The van der Waals surface area contributed by atoms with E-state index in [1.165, 1.54) is 17.5 Å². The van der Waals surface area contributed by atoms with Crippen LogP contribution in [0.3, 0.4) is 0 Å². The van der Waals surface area contributed by atoms with E-state index in [4.69, 9.17) is 0 Å². The van der Waals surface area contributed by atoms with Crippen LogP contribution in [0.5, 0.6) is 0 Å². The number of Topliss-reactive ketones (excluding diaryl/α,β-unsaturated/α-hetero) is 1. The molecular weight excluding hydrogens is 232 g/mol. The molecule has 2 nitrogen and oxygen atoms in total. The molecule has 0 spiro atoms. The second-order valence-corrected chi connectivity index (χ2v) is 6.21. The molecule has 92 valence electrons. The van der Waals surface area contributed by atoms with Crippen LogP contribution in [0.4, 0.5) is 0 Å². The third-order valence-corrected chi connectivity index (χ3v) is 4.63. The first-order valence-electron chi connectivity index (χ1n) is 6.16. The van der Waals surface area contributed by atoms with Gasteiger partial charge in [-0.3, -0.25) is 4.21 Å². The number of aryl methyl sites for hydroxylation is 2. The highest BCUT2D eigenvalue weighted by atomic mass is 32.2. The van der Waals surface area contributed by atoms with Crippen LogP contribution < -0.4 is 0 Å². The van der Waals surface area contributed by atoms with Gasteiger partial charge in [-0.2, -0.15) is 0 Å². The third kappa shape index (κ3) is 3.25. The van der Waals surface area contributed by atoms with Gasteiger partial charge in [0.2, 0.25) is 0 Å². The SMILES string of the molecule is CC(=O)CCCS(=O)c1ccc2c(c1)CCC2. The largest absolute Gasteiger partial charge is 0.300 e. The lowest BCUT2D eigenvalue weighted by atomic mass is 10.1. The molecular formula is C14H18O2S. The molecule has 0 fully saturated rings. The van der Waals surface area contributed by atoms with Gasteiger partial charge in [0.25, 0.3) is 0 Å². The molecule has 1 aliphatic rings. The minimum absolute atomic E-state index is 0.177. The van der Waals surface area contributed by atoms with Gasteiger partial charge in [0, 0.05) is 17.1 Å². The van der Waals surface area contributed by atoms with Gasteiger partial charge in [0.1, 0.15) is 5.78 Å². The molecule has 3 heteroatoms. The minimum Gasteiger partial charge on any atom is -0.300 e. The molecule has 17 heavy (non-hydrogen) atoms. The zero-order valence-electron chi connectivity index (χ0n) is 10.2. The van der Waals surface area contributed by atoms with E-state index in [2.05, 4.69) is 12.1 Å². The number of hydrogen-bond acceptors (Lipinski definition) is 2. The van der Waals surface area contributed by atoms with Crippen LogP contribution in [0.15, 0.2) is 23.1 Å². The maximum Gasteiger partial charge on any atom is 0.129 e. The zero-order chi connectivity index (χ0) is 12.3. The lowest BCUT2D eigenvalue weighted by Crippen LogP contribution is -2.01. The van der Waals surface area contributed by atoms with Crippen molar-refractivity contribution >= 4 is 16.6 Å². The molecule has 1 atom stereocenters. The zero-order valence-corrected chi connectivity index (χ0v) is 11.0. The fourth-order valence-corrected chi connectivity index (χ4v) is 3.40. The normalized spacial score (nSPS) is 15.6. The van der Waals surface area contributed by atoms with Crippen molar-refractivity contribution in [3.63, 3.8) is 0 Å². The highest BCUT2D eigenvalue weighted by Gasteiger charge is 2.13. The van der Waals surface area contributed by atoms with Crippen molar-refractivity contribution < 1.29 is 9.00 Å². The van der Waals surface area contributed by atoms with Crippen LogP contribution in [-0.4, -0.2) is 15.7 Å². The topological polar surface area (TPSA) is 34.1 Å². The number of benzene rings is 1. The molecule has 1 aliphatic carbocycles. The Morgan fingerprint density at radius 2 is 2.06 bits per heavy atom. The summed E-state index contributed by atoms with van der Waals surface area (Å²) in [5.74, 6) is 0.772. The van der Waals surface area contributed by atoms with Crippen LogP contribution in [0.2, 0.25) is 0 Å². The molecule has 2 rings (SSSR count). The van der Waals surface area contributed by atoms with Crippen molar-refractivity contribution in [1.82, 2.24) is 0 Å². The Morgan fingerprint density at radius 3 is 2.82 bits per heavy atom. The third-order valence-electron chi connectivity index (χ3n) is 3.19. The first-order valence-corrected chi connectivity index (χ1v) is 7.48. The summed E-state index contributed by atoms with van der Waals surface area (Å²) in [6.45, 7) is 1.58. The molecule has 0 bridgehead atoms. The summed E-state index contributed by atoms with van der Waals surface area (Å²) in [5.41, 5.74) is 2.77. The first kappa shape index (κ1) is 12.5. The fourth-order valence-electron chi connectivity index (χ4n) is 2.26. The van der Waals surface area contributed by atoms with Crippen LogP contribution in [-0.2, 0) is 28.4 Å². The quantitative estimate of drug-likeness (QED) is 0.805. The lowest BCUT2D eigenvalue weighted by molar-refractivity contribution is -0.117. The summed E-state index contributed by atoms with van der Waals surface area (Å²) in [5, 5.41) is 0. The first-order chi connectivity index (χ1) is 8.16. The Hall–Kier alpha value is -0.960. The van der Waals surface area contributed by atoms with Crippen molar-refractivity contribution in [2.24, 2.45) is 0 Å². The number of ketones is 1. The van der Waals surface area contributed by atoms with Gasteiger partial charge in [-0.15, -0.1) is 0 Å². The highest BCUT2D eigenvalue weighted by molar-refractivity contribution is 7.85. The molecule has 1 unspecified atom stereocenters. The second kappa shape index (κ2) is 5.58. The molecule has 0 saturated carbocycles. The minimum atomic E-state index is -0.944. The van der Waals surface area contributed by atoms with Crippen LogP contribution in [0.25, 0.3) is 0 Å². The van der Waals surface area contributed by atoms with Crippen LogP contribution >= 0.6 is 0 Å². The molecule has 0 saturated heterocycles. The van der Waals surface area contributed by atoms with E-state index in [0.29, 0.717) is 12.2 Å². The molecule has 0 radical (unpaired) electrons. The fraction of sp³-hybridized carbons (Fsp3) is 0.500. The van der Waals surface area contributed by atoms with Gasteiger partial charge in [-0.25, -0.2) is 0 Å². The summed E-state index contributed by atoms with van der Waals surface area (Å²) in [7, 11) is -0.944. The number of carbonyl (C=O) groups is 1. The van der Waals surface area contributed by atoms with E-state index in [-0.39, 0.29) is 5.78 Å². The monoisotopic (exact) mass is 250 g/mol. The summed E-state index contributed by atoms with van der Waals surface area (Å²) in [4.78, 5) is 11.7. The average molecular weight is 250 g/mol. The maximum atomic E-state index is 12.0. The van der Waals surface area contributed by atoms with E-state index < -0.39 is 10.8 Å². The molecule has 0 N–H and O–H groups in total. The number of carbonyl (C=O) groups excluding carboxylic acids is 1. The second-order valence-electron chi connectivity index (χ2n) is 4.64. The smallest absolute Gasteiger partial charge is 0.129 e. The van der Waals surface area contributed by atoms with E-state index in [1.54, 1.807) is 6.92 Å². The van der Waals surface area contributed by atoms with E-state index in [0.717, 1.165) is 24.2 Å². The average Bonchev–Trinajstić information content (AvgIpc) is 2.75. The van der Waals surface area contributed by atoms with Crippen molar-refractivity contribution in [2.45, 2.75) is 43.9 Å². The lowest BCUT2D eigenvalue weighted by Gasteiger charge is -2.04. The highest BCUT2D eigenvalue weighted by Crippen LogP contribution is 2.24. The molecule has 0 aromatic heterocycles. The molecule has 1 aromatic carbocycles. The predicted octanol–water partition coefficient (Wildman–Crippen LogP) is 2.65. The van der Waals surface area contributed by atoms with Gasteiger partial charge < -0.3 is 4.79 Å². The van der Waals surface area contributed by atoms with Crippen molar-refractivity contribution in [3.05, 3.63) is 29.3 Å². The predicted molar refractivity (Wildman–Crippen MR) is 69.7 cm³/mol. The molecule has 1 aromatic rings. The van der Waals surface area contributed by atoms with Crippen molar-refractivity contribution in [3.8, 4) is 0 Å².